The predicted octanol–water partition coefficient (Wildman–Crippen LogP) is 2.47. The average Bonchev–Trinajstić information content (AvgIpc) is 3.03. The highest BCUT2D eigenvalue weighted by Gasteiger charge is 2.23. The molecule has 2 fully saturated rings. The largest absolute Gasteiger partial charge is 0.356 e. The van der Waals surface area contributed by atoms with Crippen LogP contribution in [0.1, 0.15) is 24.8 Å². The van der Waals surface area contributed by atoms with Gasteiger partial charge in [-0.05, 0) is 56.7 Å². The highest BCUT2D eigenvalue weighted by Crippen LogP contribution is 2.22. The summed E-state index contributed by atoms with van der Waals surface area (Å²) in [6.45, 7) is 5.75. The second-order valence-electron chi connectivity index (χ2n) is 7.47. The summed E-state index contributed by atoms with van der Waals surface area (Å²) in [6, 6.07) is 10.9. The number of nitrogens with zero attached hydrogens (tertiary/aromatic N) is 3. The first kappa shape index (κ1) is 17.3. The van der Waals surface area contributed by atoms with E-state index in [0.717, 1.165) is 37.4 Å². The topological polar surface area (TPSA) is 30.9 Å². The fourth-order valence-electron chi connectivity index (χ4n) is 4.06. The standard InChI is InChI=1S/C20H32N4/c1-21-20(22-15-19-8-11-23(2)16-19)24-12-9-18(10-13-24)14-17-6-4-3-5-7-17/h3-7,18-19H,8-16H2,1-2H3,(H,21,22). The smallest absolute Gasteiger partial charge is 0.193 e. The lowest BCUT2D eigenvalue weighted by Crippen LogP contribution is -2.47. The SMILES string of the molecule is CN=C(NCC1CCN(C)C1)N1CCC(Cc2ccccc2)CC1. The van der Waals surface area contributed by atoms with Crippen LogP contribution in [0.15, 0.2) is 35.3 Å². The molecule has 2 heterocycles. The first-order valence-corrected chi connectivity index (χ1v) is 9.42. The minimum atomic E-state index is 0.766. The molecular weight excluding hydrogens is 296 g/mol. The summed E-state index contributed by atoms with van der Waals surface area (Å²) in [4.78, 5) is 9.38. The number of hydrogen-bond donors (Lipinski definition) is 1. The van der Waals surface area contributed by atoms with Gasteiger partial charge in [-0.15, -0.1) is 0 Å². The number of rotatable bonds is 4. The van der Waals surface area contributed by atoms with Crippen LogP contribution in [0.25, 0.3) is 0 Å². The molecule has 4 heteroatoms. The summed E-state index contributed by atoms with van der Waals surface area (Å²) in [7, 11) is 4.13. The molecule has 0 spiro atoms. The Morgan fingerprint density at radius 1 is 1.08 bits per heavy atom. The minimum absolute atomic E-state index is 0.766. The summed E-state index contributed by atoms with van der Waals surface area (Å²) in [5.41, 5.74) is 1.48. The zero-order valence-electron chi connectivity index (χ0n) is 15.2. The van der Waals surface area contributed by atoms with Crippen LogP contribution in [0.4, 0.5) is 0 Å². The van der Waals surface area contributed by atoms with Crippen molar-refractivity contribution < 1.29 is 0 Å². The molecule has 4 nitrogen and oxygen atoms in total. The number of hydrogen-bond acceptors (Lipinski definition) is 2. The van der Waals surface area contributed by atoms with E-state index in [0.29, 0.717) is 0 Å². The normalized spacial score (nSPS) is 23.7. The molecule has 132 valence electrons. The quantitative estimate of drug-likeness (QED) is 0.680. The Bertz CT molecular complexity index is 520. The molecular formula is C20H32N4. The second-order valence-corrected chi connectivity index (χ2v) is 7.47. The lowest BCUT2D eigenvalue weighted by Gasteiger charge is -2.34. The molecule has 2 aliphatic rings. The van der Waals surface area contributed by atoms with Crippen molar-refractivity contribution in [3.05, 3.63) is 35.9 Å². The zero-order valence-corrected chi connectivity index (χ0v) is 15.2. The third kappa shape index (κ3) is 4.73. The van der Waals surface area contributed by atoms with Gasteiger partial charge in [-0.3, -0.25) is 4.99 Å². The van der Waals surface area contributed by atoms with Crippen LogP contribution in [0.3, 0.4) is 0 Å². The molecule has 0 bridgehead atoms. The minimum Gasteiger partial charge on any atom is -0.356 e. The molecule has 0 aliphatic carbocycles. The van der Waals surface area contributed by atoms with E-state index in [-0.39, 0.29) is 0 Å². The van der Waals surface area contributed by atoms with E-state index >= 15 is 0 Å². The molecule has 2 saturated heterocycles. The third-order valence-corrected chi connectivity index (χ3v) is 5.53. The molecule has 1 N–H and O–H groups in total. The van der Waals surface area contributed by atoms with Gasteiger partial charge < -0.3 is 15.1 Å². The molecule has 0 aromatic heterocycles. The monoisotopic (exact) mass is 328 g/mol. The van der Waals surface area contributed by atoms with Gasteiger partial charge in [0.1, 0.15) is 0 Å². The Morgan fingerprint density at radius 2 is 1.79 bits per heavy atom. The third-order valence-electron chi connectivity index (χ3n) is 5.53. The fourth-order valence-corrected chi connectivity index (χ4v) is 4.06. The molecule has 0 amide bonds. The van der Waals surface area contributed by atoms with Gasteiger partial charge >= 0.3 is 0 Å². The molecule has 24 heavy (non-hydrogen) atoms. The Balaban J connectivity index is 1.42. The van der Waals surface area contributed by atoms with Crippen molar-refractivity contribution in [2.45, 2.75) is 25.7 Å². The van der Waals surface area contributed by atoms with E-state index in [1.54, 1.807) is 0 Å². The van der Waals surface area contributed by atoms with Crippen LogP contribution in [0, 0.1) is 11.8 Å². The van der Waals surface area contributed by atoms with E-state index in [9.17, 15) is 0 Å². The van der Waals surface area contributed by atoms with Crippen molar-refractivity contribution in [3.8, 4) is 0 Å². The molecule has 2 aliphatic heterocycles. The zero-order chi connectivity index (χ0) is 16.8. The second kappa shape index (κ2) is 8.52. The molecule has 3 rings (SSSR count). The van der Waals surface area contributed by atoms with E-state index in [1.807, 2.05) is 7.05 Å². The molecule has 1 atom stereocenters. The van der Waals surface area contributed by atoms with Gasteiger partial charge in [-0.1, -0.05) is 30.3 Å². The van der Waals surface area contributed by atoms with Crippen molar-refractivity contribution in [2.24, 2.45) is 16.8 Å². The van der Waals surface area contributed by atoms with E-state index in [2.05, 4.69) is 57.5 Å². The van der Waals surface area contributed by atoms with Gasteiger partial charge in [0.15, 0.2) is 5.96 Å². The van der Waals surface area contributed by atoms with Crippen LogP contribution >= 0.6 is 0 Å². The average molecular weight is 329 g/mol. The van der Waals surface area contributed by atoms with Crippen molar-refractivity contribution in [2.75, 3.05) is 46.8 Å². The number of likely N-dealkylation sites (tertiary alicyclic amines) is 2. The highest BCUT2D eigenvalue weighted by atomic mass is 15.3. The summed E-state index contributed by atoms with van der Waals surface area (Å²) in [6.07, 6.45) is 5.05. The Morgan fingerprint density at radius 3 is 2.42 bits per heavy atom. The van der Waals surface area contributed by atoms with E-state index in [4.69, 9.17) is 0 Å². The lowest BCUT2D eigenvalue weighted by atomic mass is 9.90. The molecule has 0 radical (unpaired) electrons. The van der Waals surface area contributed by atoms with Crippen LogP contribution in [-0.2, 0) is 6.42 Å². The van der Waals surface area contributed by atoms with Crippen molar-refractivity contribution >= 4 is 5.96 Å². The van der Waals surface area contributed by atoms with Crippen LogP contribution in [0.2, 0.25) is 0 Å². The van der Waals surface area contributed by atoms with Gasteiger partial charge in [-0.25, -0.2) is 0 Å². The number of nitrogens with one attached hydrogen (secondary N) is 1. The maximum atomic E-state index is 4.52. The molecule has 1 aromatic rings. The van der Waals surface area contributed by atoms with Gasteiger partial charge in [0.05, 0.1) is 0 Å². The van der Waals surface area contributed by atoms with Gasteiger partial charge in [-0.2, -0.15) is 0 Å². The van der Waals surface area contributed by atoms with E-state index < -0.39 is 0 Å². The molecule has 1 unspecified atom stereocenters. The first-order valence-electron chi connectivity index (χ1n) is 9.42. The van der Waals surface area contributed by atoms with Crippen molar-refractivity contribution in [1.29, 1.82) is 0 Å². The highest BCUT2D eigenvalue weighted by molar-refractivity contribution is 5.79. The van der Waals surface area contributed by atoms with Crippen molar-refractivity contribution in [3.63, 3.8) is 0 Å². The summed E-state index contributed by atoms with van der Waals surface area (Å²) in [5.74, 6) is 2.68. The van der Waals surface area contributed by atoms with Crippen molar-refractivity contribution in [1.82, 2.24) is 15.1 Å². The molecule has 1 aromatic carbocycles. The Labute approximate surface area is 146 Å². The number of aliphatic imine (C=N–C) groups is 1. The molecule has 0 saturated carbocycles. The first-order chi connectivity index (χ1) is 11.7. The number of guanidine groups is 1. The fraction of sp³-hybridized carbons (Fsp3) is 0.650. The summed E-state index contributed by atoms with van der Waals surface area (Å²) < 4.78 is 0. The predicted molar refractivity (Wildman–Crippen MR) is 101 cm³/mol. The van der Waals surface area contributed by atoms with Gasteiger partial charge in [0, 0.05) is 33.2 Å². The number of piperidine rings is 1. The maximum Gasteiger partial charge on any atom is 0.193 e. The van der Waals surface area contributed by atoms with Gasteiger partial charge in [0.25, 0.3) is 0 Å². The lowest BCUT2D eigenvalue weighted by molar-refractivity contribution is 0.258. The van der Waals surface area contributed by atoms with Gasteiger partial charge in [0.2, 0.25) is 0 Å². The van der Waals surface area contributed by atoms with E-state index in [1.165, 1.54) is 44.3 Å². The van der Waals surface area contributed by atoms with Crippen LogP contribution in [0.5, 0.6) is 0 Å². The Kier molecular flexibility index (Phi) is 6.13. The van der Waals surface area contributed by atoms with Crippen LogP contribution in [-0.4, -0.2) is 62.6 Å². The maximum absolute atomic E-state index is 4.52. The Hall–Kier alpha value is -1.55. The summed E-state index contributed by atoms with van der Waals surface area (Å²) in [5, 5.41) is 3.62. The summed E-state index contributed by atoms with van der Waals surface area (Å²) >= 11 is 0. The number of benzene rings is 1. The van der Waals surface area contributed by atoms with Crippen LogP contribution < -0.4 is 5.32 Å².